The zero-order valence-electron chi connectivity index (χ0n) is 14.0. The molecule has 3 nitrogen and oxygen atoms in total. The van der Waals surface area contributed by atoms with Crippen molar-refractivity contribution < 1.29 is 9.47 Å². The zero-order chi connectivity index (χ0) is 16.3. The van der Waals surface area contributed by atoms with Gasteiger partial charge in [0.1, 0.15) is 5.60 Å². The SMILES string of the molecule is CCC1(CC)Cc2c(C=Cc3ccncc3)ccc(OC)c2O1. The minimum Gasteiger partial charge on any atom is -0.493 e. The molecular weight excluding hydrogens is 286 g/mol. The second-order valence-corrected chi connectivity index (χ2v) is 5.95. The van der Waals surface area contributed by atoms with Gasteiger partial charge in [0.2, 0.25) is 0 Å². The van der Waals surface area contributed by atoms with E-state index in [1.54, 1.807) is 19.5 Å². The molecule has 1 aromatic heterocycles. The van der Waals surface area contributed by atoms with Crippen LogP contribution in [0.15, 0.2) is 36.7 Å². The normalized spacial score (nSPS) is 15.4. The monoisotopic (exact) mass is 309 g/mol. The van der Waals surface area contributed by atoms with Gasteiger partial charge in [0.25, 0.3) is 0 Å². The van der Waals surface area contributed by atoms with Crippen LogP contribution in [0.1, 0.15) is 43.4 Å². The highest BCUT2D eigenvalue weighted by atomic mass is 16.5. The molecule has 0 bridgehead atoms. The van der Waals surface area contributed by atoms with Gasteiger partial charge in [-0.2, -0.15) is 0 Å². The number of fused-ring (bicyclic) bond motifs is 1. The van der Waals surface area contributed by atoms with Crippen LogP contribution >= 0.6 is 0 Å². The molecule has 0 radical (unpaired) electrons. The van der Waals surface area contributed by atoms with Gasteiger partial charge < -0.3 is 9.47 Å². The van der Waals surface area contributed by atoms with Crippen molar-refractivity contribution >= 4 is 12.2 Å². The Balaban J connectivity index is 1.99. The second-order valence-electron chi connectivity index (χ2n) is 5.95. The first-order valence-corrected chi connectivity index (χ1v) is 8.18. The van der Waals surface area contributed by atoms with Crippen molar-refractivity contribution in [2.24, 2.45) is 0 Å². The lowest BCUT2D eigenvalue weighted by Gasteiger charge is -2.25. The number of rotatable bonds is 5. The molecule has 120 valence electrons. The maximum atomic E-state index is 6.34. The van der Waals surface area contributed by atoms with Crippen LogP contribution in [-0.4, -0.2) is 17.7 Å². The second kappa shape index (κ2) is 6.45. The Bertz CT molecular complexity index is 703. The van der Waals surface area contributed by atoms with Gasteiger partial charge in [0.15, 0.2) is 11.5 Å². The average molecular weight is 309 g/mol. The molecule has 0 N–H and O–H groups in total. The Morgan fingerprint density at radius 1 is 1.13 bits per heavy atom. The van der Waals surface area contributed by atoms with Crippen LogP contribution < -0.4 is 9.47 Å². The highest BCUT2D eigenvalue weighted by Gasteiger charge is 2.38. The number of benzene rings is 1. The third-order valence-electron chi connectivity index (χ3n) is 4.75. The number of hydrogen-bond donors (Lipinski definition) is 0. The average Bonchev–Trinajstić information content (AvgIpc) is 3.01. The Labute approximate surface area is 138 Å². The van der Waals surface area contributed by atoms with Crippen molar-refractivity contribution in [2.75, 3.05) is 7.11 Å². The van der Waals surface area contributed by atoms with Crippen LogP contribution in [0.4, 0.5) is 0 Å². The van der Waals surface area contributed by atoms with Crippen LogP contribution in [0.5, 0.6) is 11.5 Å². The molecule has 0 atom stereocenters. The summed E-state index contributed by atoms with van der Waals surface area (Å²) in [5.41, 5.74) is 3.48. The number of ether oxygens (including phenoxy) is 2. The lowest BCUT2D eigenvalue weighted by Crippen LogP contribution is -2.32. The predicted molar refractivity (Wildman–Crippen MR) is 93.8 cm³/mol. The number of nitrogens with zero attached hydrogens (tertiary/aromatic N) is 1. The molecule has 0 amide bonds. The van der Waals surface area contributed by atoms with E-state index in [1.165, 1.54) is 11.1 Å². The van der Waals surface area contributed by atoms with E-state index in [0.29, 0.717) is 0 Å². The lowest BCUT2D eigenvalue weighted by molar-refractivity contribution is 0.0828. The van der Waals surface area contributed by atoms with E-state index in [0.717, 1.165) is 36.3 Å². The summed E-state index contributed by atoms with van der Waals surface area (Å²) >= 11 is 0. The molecule has 0 unspecified atom stereocenters. The van der Waals surface area contributed by atoms with Crippen molar-refractivity contribution in [3.8, 4) is 11.5 Å². The molecule has 3 heteroatoms. The van der Waals surface area contributed by atoms with E-state index in [2.05, 4.69) is 37.0 Å². The summed E-state index contributed by atoms with van der Waals surface area (Å²) in [6.45, 7) is 4.38. The number of hydrogen-bond acceptors (Lipinski definition) is 3. The zero-order valence-corrected chi connectivity index (χ0v) is 14.0. The maximum absolute atomic E-state index is 6.34. The van der Waals surface area contributed by atoms with E-state index in [9.17, 15) is 0 Å². The molecule has 0 saturated heterocycles. The molecule has 23 heavy (non-hydrogen) atoms. The van der Waals surface area contributed by atoms with Crippen LogP contribution in [0.3, 0.4) is 0 Å². The highest BCUT2D eigenvalue weighted by molar-refractivity contribution is 5.74. The van der Waals surface area contributed by atoms with E-state index in [-0.39, 0.29) is 5.60 Å². The summed E-state index contributed by atoms with van der Waals surface area (Å²) in [4.78, 5) is 4.05. The van der Waals surface area contributed by atoms with Crippen molar-refractivity contribution in [3.63, 3.8) is 0 Å². The largest absolute Gasteiger partial charge is 0.493 e. The topological polar surface area (TPSA) is 31.4 Å². The molecule has 2 heterocycles. The van der Waals surface area contributed by atoms with Gasteiger partial charge >= 0.3 is 0 Å². The number of pyridine rings is 1. The Hall–Kier alpha value is -2.29. The summed E-state index contributed by atoms with van der Waals surface area (Å²) in [7, 11) is 1.70. The molecule has 0 aliphatic carbocycles. The first kappa shape index (κ1) is 15.6. The maximum Gasteiger partial charge on any atom is 0.165 e. The van der Waals surface area contributed by atoms with Crippen LogP contribution in [0.25, 0.3) is 12.2 Å². The van der Waals surface area contributed by atoms with Gasteiger partial charge in [-0.05, 0) is 42.2 Å². The van der Waals surface area contributed by atoms with Gasteiger partial charge in [0, 0.05) is 24.4 Å². The summed E-state index contributed by atoms with van der Waals surface area (Å²) in [6.07, 6.45) is 10.8. The quantitative estimate of drug-likeness (QED) is 0.798. The van der Waals surface area contributed by atoms with Crippen LogP contribution in [0, 0.1) is 0 Å². The van der Waals surface area contributed by atoms with Crippen LogP contribution in [0.2, 0.25) is 0 Å². The number of aromatic nitrogens is 1. The fraction of sp³-hybridized carbons (Fsp3) is 0.350. The van der Waals surface area contributed by atoms with E-state index < -0.39 is 0 Å². The van der Waals surface area contributed by atoms with E-state index >= 15 is 0 Å². The Morgan fingerprint density at radius 3 is 2.52 bits per heavy atom. The summed E-state index contributed by atoms with van der Waals surface area (Å²) in [5, 5.41) is 0. The van der Waals surface area contributed by atoms with Crippen molar-refractivity contribution in [1.29, 1.82) is 0 Å². The fourth-order valence-electron chi connectivity index (χ4n) is 3.11. The lowest BCUT2D eigenvalue weighted by atomic mass is 9.89. The number of methoxy groups -OCH3 is 1. The van der Waals surface area contributed by atoms with Crippen LogP contribution in [-0.2, 0) is 6.42 Å². The summed E-state index contributed by atoms with van der Waals surface area (Å²) in [5.74, 6) is 1.73. The molecular formula is C20H23NO2. The predicted octanol–water partition coefficient (Wildman–Crippen LogP) is 4.75. The van der Waals surface area contributed by atoms with Gasteiger partial charge in [-0.3, -0.25) is 4.98 Å². The van der Waals surface area contributed by atoms with Crippen molar-refractivity contribution in [3.05, 3.63) is 53.3 Å². The Morgan fingerprint density at radius 2 is 1.87 bits per heavy atom. The van der Waals surface area contributed by atoms with Crippen molar-refractivity contribution in [2.45, 2.75) is 38.7 Å². The van der Waals surface area contributed by atoms with Gasteiger partial charge in [0.05, 0.1) is 7.11 Å². The molecule has 0 fully saturated rings. The van der Waals surface area contributed by atoms with Gasteiger partial charge in [-0.15, -0.1) is 0 Å². The first-order valence-electron chi connectivity index (χ1n) is 8.18. The molecule has 1 aliphatic rings. The van der Waals surface area contributed by atoms with Gasteiger partial charge in [-0.25, -0.2) is 0 Å². The smallest absolute Gasteiger partial charge is 0.165 e. The van der Waals surface area contributed by atoms with E-state index in [1.807, 2.05) is 18.2 Å². The Kier molecular flexibility index (Phi) is 4.37. The molecule has 1 aromatic carbocycles. The summed E-state index contributed by atoms with van der Waals surface area (Å²) < 4.78 is 11.8. The van der Waals surface area contributed by atoms with E-state index in [4.69, 9.17) is 9.47 Å². The standard InChI is InChI=1S/C20H23NO2/c1-4-20(5-2)14-17-16(7-6-15-10-12-21-13-11-15)8-9-18(22-3)19(17)23-20/h6-13H,4-5,14H2,1-3H3. The molecule has 2 aromatic rings. The molecule has 1 aliphatic heterocycles. The summed E-state index contributed by atoms with van der Waals surface area (Å²) in [6, 6.07) is 8.10. The van der Waals surface area contributed by atoms with Gasteiger partial charge in [-0.1, -0.05) is 32.1 Å². The molecule has 3 rings (SSSR count). The molecule has 0 spiro atoms. The minimum absolute atomic E-state index is 0.101. The third-order valence-corrected chi connectivity index (χ3v) is 4.75. The highest BCUT2D eigenvalue weighted by Crippen LogP contribution is 2.46. The fourth-order valence-corrected chi connectivity index (χ4v) is 3.11. The third kappa shape index (κ3) is 2.96. The first-order chi connectivity index (χ1) is 11.2. The van der Waals surface area contributed by atoms with Crippen molar-refractivity contribution in [1.82, 2.24) is 4.98 Å². The molecule has 0 saturated carbocycles. The minimum atomic E-state index is -0.101.